The monoisotopic (exact) mass is 448 g/mol. The number of carbonyl (C=O) groups is 2. The SMILES string of the molecule is C=CCCCCCCCCC(=O)OCCC=C.O=C1CCCCCCCCC=CCCO1. The third-order valence-corrected chi connectivity index (χ3v) is 5.34. The van der Waals surface area contributed by atoms with Crippen molar-refractivity contribution in [3.63, 3.8) is 0 Å². The summed E-state index contributed by atoms with van der Waals surface area (Å²) in [6.45, 7) is 8.30. The van der Waals surface area contributed by atoms with Gasteiger partial charge in [-0.25, -0.2) is 0 Å². The normalized spacial score (nSPS) is 15.4. The molecule has 0 saturated heterocycles. The smallest absolute Gasteiger partial charge is 0.305 e. The zero-order chi connectivity index (χ0) is 23.5. The first-order valence-electron chi connectivity index (χ1n) is 12.9. The molecule has 32 heavy (non-hydrogen) atoms. The average Bonchev–Trinajstić information content (AvgIpc) is 2.79. The third kappa shape index (κ3) is 24.4. The van der Waals surface area contributed by atoms with Crippen molar-refractivity contribution < 1.29 is 19.1 Å². The van der Waals surface area contributed by atoms with Crippen LogP contribution in [-0.4, -0.2) is 25.2 Å². The number of unbranched alkanes of at least 4 members (excludes halogenated alkanes) is 6. The van der Waals surface area contributed by atoms with Crippen LogP contribution >= 0.6 is 0 Å². The first-order chi connectivity index (χ1) is 15.7. The van der Waals surface area contributed by atoms with Crippen molar-refractivity contribution in [2.45, 2.75) is 116 Å². The highest BCUT2D eigenvalue weighted by Crippen LogP contribution is 2.11. The van der Waals surface area contributed by atoms with Gasteiger partial charge in [0.25, 0.3) is 0 Å². The zero-order valence-electron chi connectivity index (χ0n) is 20.5. The molecule has 4 heteroatoms. The first-order valence-corrected chi connectivity index (χ1v) is 12.9. The summed E-state index contributed by atoms with van der Waals surface area (Å²) in [5, 5.41) is 0. The van der Waals surface area contributed by atoms with Gasteiger partial charge in [0.1, 0.15) is 0 Å². The molecule has 1 aliphatic heterocycles. The highest BCUT2D eigenvalue weighted by Gasteiger charge is 2.02. The van der Waals surface area contributed by atoms with E-state index in [-0.39, 0.29) is 11.9 Å². The fourth-order valence-corrected chi connectivity index (χ4v) is 3.38. The van der Waals surface area contributed by atoms with E-state index in [1.54, 1.807) is 6.08 Å². The van der Waals surface area contributed by atoms with Crippen LogP contribution in [0.25, 0.3) is 0 Å². The van der Waals surface area contributed by atoms with Crippen LogP contribution in [0, 0.1) is 0 Å². The molecule has 4 nitrogen and oxygen atoms in total. The summed E-state index contributed by atoms with van der Waals surface area (Å²) in [7, 11) is 0. The van der Waals surface area contributed by atoms with Crippen LogP contribution in [0.1, 0.15) is 116 Å². The Hall–Kier alpha value is -1.84. The largest absolute Gasteiger partial charge is 0.465 e. The third-order valence-electron chi connectivity index (χ3n) is 5.34. The highest BCUT2D eigenvalue weighted by molar-refractivity contribution is 5.69. The minimum Gasteiger partial charge on any atom is -0.465 e. The fourth-order valence-electron chi connectivity index (χ4n) is 3.38. The molecule has 0 aromatic rings. The van der Waals surface area contributed by atoms with Crippen molar-refractivity contribution in [3.05, 3.63) is 37.5 Å². The van der Waals surface area contributed by atoms with Crippen LogP contribution in [0.5, 0.6) is 0 Å². The number of carbonyl (C=O) groups excluding carboxylic acids is 2. The predicted molar refractivity (Wildman–Crippen MR) is 135 cm³/mol. The van der Waals surface area contributed by atoms with Gasteiger partial charge in [-0.2, -0.15) is 0 Å². The van der Waals surface area contributed by atoms with Crippen LogP contribution < -0.4 is 0 Å². The second kappa shape index (κ2) is 25.4. The standard InChI is InChI=1S/C15H26O2.C13H22O2/c1-3-5-7-8-9-10-11-12-13-15(16)17-14-6-4-2;14-13-11-9-7-5-3-1-2-4-6-8-10-12-15-13/h3-4H,1-2,5-14H2;6,8H,1-5,7,9-12H2. The molecule has 0 spiro atoms. The van der Waals surface area contributed by atoms with Gasteiger partial charge in [-0.05, 0) is 51.4 Å². The predicted octanol–water partition coefficient (Wildman–Crippen LogP) is 8.02. The number of hydrogen-bond donors (Lipinski definition) is 0. The van der Waals surface area contributed by atoms with E-state index in [4.69, 9.17) is 9.47 Å². The van der Waals surface area contributed by atoms with Crippen molar-refractivity contribution in [2.75, 3.05) is 13.2 Å². The molecule has 0 atom stereocenters. The van der Waals surface area contributed by atoms with E-state index < -0.39 is 0 Å². The zero-order valence-corrected chi connectivity index (χ0v) is 20.5. The fraction of sp³-hybridized carbons (Fsp3) is 0.714. The summed E-state index contributed by atoms with van der Waals surface area (Å²) >= 11 is 0. The molecule has 0 radical (unpaired) electrons. The Labute approximate surface area is 197 Å². The van der Waals surface area contributed by atoms with Gasteiger partial charge in [-0.15, -0.1) is 13.2 Å². The van der Waals surface area contributed by atoms with Gasteiger partial charge in [0, 0.05) is 12.8 Å². The van der Waals surface area contributed by atoms with Gasteiger partial charge in [0.05, 0.1) is 13.2 Å². The van der Waals surface area contributed by atoms with Crippen molar-refractivity contribution in [3.8, 4) is 0 Å². The van der Waals surface area contributed by atoms with E-state index in [0.29, 0.717) is 26.1 Å². The Balaban J connectivity index is 0.000000604. The first kappa shape index (κ1) is 30.2. The van der Waals surface area contributed by atoms with Gasteiger partial charge in [-0.1, -0.05) is 75.7 Å². The molecule has 0 aliphatic carbocycles. The number of hydrogen-bond acceptors (Lipinski definition) is 4. The van der Waals surface area contributed by atoms with Gasteiger partial charge < -0.3 is 9.47 Å². The summed E-state index contributed by atoms with van der Waals surface area (Å²) < 4.78 is 10.1. The molecule has 0 bridgehead atoms. The quantitative estimate of drug-likeness (QED) is 0.172. The van der Waals surface area contributed by atoms with Crippen LogP contribution in [0.15, 0.2) is 37.5 Å². The van der Waals surface area contributed by atoms with Gasteiger partial charge in [0.2, 0.25) is 0 Å². The van der Waals surface area contributed by atoms with E-state index >= 15 is 0 Å². The Morgan fingerprint density at radius 2 is 1.47 bits per heavy atom. The summed E-state index contributed by atoms with van der Waals surface area (Å²) in [6, 6.07) is 0. The Bertz CT molecular complexity index is 496. The van der Waals surface area contributed by atoms with Gasteiger partial charge >= 0.3 is 11.9 Å². The second-order valence-electron chi connectivity index (χ2n) is 8.39. The second-order valence-corrected chi connectivity index (χ2v) is 8.39. The van der Waals surface area contributed by atoms with E-state index in [2.05, 4.69) is 25.3 Å². The molecule has 0 aromatic carbocycles. The number of cyclic esters (lactones) is 1. The molecule has 1 aliphatic rings. The van der Waals surface area contributed by atoms with Crippen LogP contribution in [0.3, 0.4) is 0 Å². The molecular formula is C28H48O4. The van der Waals surface area contributed by atoms with Crippen LogP contribution in [0.2, 0.25) is 0 Å². The molecule has 1 rings (SSSR count). The van der Waals surface area contributed by atoms with Crippen LogP contribution in [0.4, 0.5) is 0 Å². The van der Waals surface area contributed by atoms with Gasteiger partial charge in [0.15, 0.2) is 0 Å². The molecule has 0 saturated carbocycles. The minimum atomic E-state index is -0.0708. The lowest BCUT2D eigenvalue weighted by Crippen LogP contribution is -2.05. The maximum Gasteiger partial charge on any atom is 0.305 e. The number of rotatable bonds is 12. The molecule has 0 fully saturated rings. The van der Waals surface area contributed by atoms with Crippen molar-refractivity contribution in [1.29, 1.82) is 0 Å². The Morgan fingerprint density at radius 3 is 2.22 bits per heavy atom. The summed E-state index contributed by atoms with van der Waals surface area (Å²) in [5.41, 5.74) is 0. The lowest BCUT2D eigenvalue weighted by Gasteiger charge is -2.04. The van der Waals surface area contributed by atoms with E-state index in [1.165, 1.54) is 64.2 Å². The van der Waals surface area contributed by atoms with Crippen LogP contribution in [-0.2, 0) is 19.1 Å². The average molecular weight is 449 g/mol. The molecule has 0 amide bonds. The molecule has 184 valence electrons. The van der Waals surface area contributed by atoms with Crippen molar-refractivity contribution in [1.82, 2.24) is 0 Å². The number of ether oxygens (including phenoxy) is 2. The lowest BCUT2D eigenvalue weighted by molar-refractivity contribution is -0.144. The summed E-state index contributed by atoms with van der Waals surface area (Å²) in [4.78, 5) is 22.4. The Kier molecular flexibility index (Phi) is 24.0. The van der Waals surface area contributed by atoms with E-state index in [9.17, 15) is 9.59 Å². The van der Waals surface area contributed by atoms with E-state index in [1.807, 2.05) is 6.08 Å². The molecule has 0 aromatic heterocycles. The number of allylic oxidation sites excluding steroid dienone is 2. The highest BCUT2D eigenvalue weighted by atomic mass is 16.5. The molecule has 0 unspecified atom stereocenters. The van der Waals surface area contributed by atoms with E-state index in [0.717, 1.165) is 38.5 Å². The maximum absolute atomic E-state index is 11.2. The summed E-state index contributed by atoms with van der Waals surface area (Å²) in [6.07, 6.45) is 27.6. The van der Waals surface area contributed by atoms with Crippen molar-refractivity contribution >= 4 is 11.9 Å². The summed E-state index contributed by atoms with van der Waals surface area (Å²) in [5.74, 6) is -0.0982. The molecule has 1 heterocycles. The van der Waals surface area contributed by atoms with Gasteiger partial charge in [-0.3, -0.25) is 9.59 Å². The molecule has 0 N–H and O–H groups in total. The Morgan fingerprint density at radius 1 is 0.844 bits per heavy atom. The maximum atomic E-state index is 11.2. The number of esters is 2. The van der Waals surface area contributed by atoms with Crippen molar-refractivity contribution in [2.24, 2.45) is 0 Å². The minimum absolute atomic E-state index is 0.0274. The topological polar surface area (TPSA) is 52.6 Å². The molecular weight excluding hydrogens is 400 g/mol. The lowest BCUT2D eigenvalue weighted by atomic mass is 10.1.